The van der Waals surface area contributed by atoms with Crippen LogP contribution in [0, 0.1) is 0 Å². The quantitative estimate of drug-likeness (QED) is 0.284. The molecule has 0 saturated carbocycles. The van der Waals surface area contributed by atoms with Gasteiger partial charge in [0.15, 0.2) is 6.29 Å². The Bertz CT molecular complexity index is 1080. The zero-order valence-electron chi connectivity index (χ0n) is 21.0. The van der Waals surface area contributed by atoms with Crippen LogP contribution in [0.2, 0.25) is 0 Å². The van der Waals surface area contributed by atoms with Crippen molar-refractivity contribution in [3.63, 3.8) is 0 Å². The monoisotopic (exact) mass is 446 g/mol. The van der Waals surface area contributed by atoms with Gasteiger partial charge in [0.2, 0.25) is 0 Å². The molecule has 0 fully saturated rings. The van der Waals surface area contributed by atoms with Crippen LogP contribution < -0.4 is 4.74 Å². The van der Waals surface area contributed by atoms with Crippen molar-refractivity contribution >= 4 is 17.1 Å². The zero-order valence-corrected chi connectivity index (χ0v) is 21.0. The molecule has 3 heteroatoms. The maximum atomic E-state index is 11.3. The number of aldehydes is 1. The van der Waals surface area contributed by atoms with E-state index < -0.39 is 0 Å². The molecular formula is C30H38O3. The maximum Gasteiger partial charge on any atom is 0.150 e. The highest BCUT2D eigenvalue weighted by Gasteiger charge is 2.26. The van der Waals surface area contributed by atoms with Crippen molar-refractivity contribution in [2.75, 3.05) is 6.61 Å². The lowest BCUT2D eigenvalue weighted by Crippen LogP contribution is -2.18. The second kappa shape index (κ2) is 9.99. The Labute approximate surface area is 198 Å². The zero-order chi connectivity index (χ0) is 24.2. The topological polar surface area (TPSA) is 46.5 Å². The highest BCUT2D eigenvalue weighted by molar-refractivity contribution is 6.00. The van der Waals surface area contributed by atoms with Gasteiger partial charge >= 0.3 is 0 Å². The molecular weight excluding hydrogens is 408 g/mol. The first-order valence-corrected chi connectivity index (χ1v) is 12.0. The number of aromatic hydroxyl groups is 1. The van der Waals surface area contributed by atoms with Crippen molar-refractivity contribution in [1.29, 1.82) is 0 Å². The first-order chi connectivity index (χ1) is 15.5. The number of fused-ring (bicyclic) bond motifs is 1. The molecule has 3 aromatic rings. The van der Waals surface area contributed by atoms with Crippen LogP contribution in [-0.4, -0.2) is 18.0 Å². The molecule has 176 valence electrons. The number of unbranched alkanes of at least 4 members (excludes halogenated alkanes) is 2. The predicted octanol–water partition coefficient (Wildman–Crippen LogP) is 7.74. The molecule has 33 heavy (non-hydrogen) atoms. The molecule has 3 nitrogen and oxygen atoms in total. The summed E-state index contributed by atoms with van der Waals surface area (Å²) >= 11 is 0. The van der Waals surface area contributed by atoms with Gasteiger partial charge in [0.1, 0.15) is 11.5 Å². The average Bonchev–Trinajstić information content (AvgIpc) is 2.75. The fraction of sp³-hybridized carbons (Fsp3) is 0.433. The Hall–Kier alpha value is -2.81. The summed E-state index contributed by atoms with van der Waals surface area (Å²) < 4.78 is 6.07. The third-order valence-electron chi connectivity index (χ3n) is 6.20. The number of carbonyl (C=O) groups is 1. The van der Waals surface area contributed by atoms with E-state index in [0.717, 1.165) is 59.6 Å². The minimum absolute atomic E-state index is 0.101. The molecule has 3 rings (SSSR count). The van der Waals surface area contributed by atoms with Crippen molar-refractivity contribution in [1.82, 2.24) is 0 Å². The predicted molar refractivity (Wildman–Crippen MR) is 138 cm³/mol. The largest absolute Gasteiger partial charge is 0.507 e. The van der Waals surface area contributed by atoms with Gasteiger partial charge < -0.3 is 9.84 Å². The fourth-order valence-corrected chi connectivity index (χ4v) is 4.30. The molecule has 0 amide bonds. The molecule has 0 unspecified atom stereocenters. The summed E-state index contributed by atoms with van der Waals surface area (Å²) in [6, 6.07) is 16.0. The molecule has 0 aromatic heterocycles. The lowest BCUT2D eigenvalue weighted by molar-refractivity contribution is 0.112. The summed E-state index contributed by atoms with van der Waals surface area (Å²) in [7, 11) is 0. The number of benzene rings is 3. The Balaban J connectivity index is 1.60. The second-order valence-corrected chi connectivity index (χ2v) is 11.0. The van der Waals surface area contributed by atoms with E-state index in [4.69, 9.17) is 4.74 Å². The standard InChI is InChI=1S/C30H38O3/c1-29(2,3)25-18-21(19-26(28(25)32)30(4,5)6)12-8-7-11-17-33-27-16-15-22(20-31)23-13-9-10-14-24(23)27/h9-10,13-16,18-20,32H,7-8,11-12,17H2,1-6H3. The summed E-state index contributed by atoms with van der Waals surface area (Å²) in [5, 5.41) is 12.8. The first-order valence-electron chi connectivity index (χ1n) is 12.0. The normalized spacial score (nSPS) is 12.2. The van der Waals surface area contributed by atoms with Crippen molar-refractivity contribution in [2.24, 2.45) is 0 Å². The molecule has 0 saturated heterocycles. The molecule has 0 heterocycles. The second-order valence-electron chi connectivity index (χ2n) is 11.0. The van der Waals surface area contributed by atoms with Gasteiger partial charge in [-0.3, -0.25) is 4.79 Å². The van der Waals surface area contributed by atoms with Crippen LogP contribution in [0.25, 0.3) is 10.8 Å². The maximum absolute atomic E-state index is 11.3. The van der Waals surface area contributed by atoms with E-state index >= 15 is 0 Å². The van der Waals surface area contributed by atoms with Crippen LogP contribution in [-0.2, 0) is 17.3 Å². The van der Waals surface area contributed by atoms with Crippen molar-refractivity contribution in [3.05, 3.63) is 70.8 Å². The van der Waals surface area contributed by atoms with Gasteiger partial charge in [-0.25, -0.2) is 0 Å². The van der Waals surface area contributed by atoms with Gasteiger partial charge in [-0.05, 0) is 70.7 Å². The molecule has 0 bridgehead atoms. The molecule has 0 aliphatic heterocycles. The lowest BCUT2D eigenvalue weighted by Gasteiger charge is -2.28. The summed E-state index contributed by atoms with van der Waals surface area (Å²) in [6.45, 7) is 13.6. The van der Waals surface area contributed by atoms with Crippen molar-refractivity contribution in [2.45, 2.75) is 78.1 Å². The molecule has 0 spiro atoms. The summed E-state index contributed by atoms with van der Waals surface area (Å²) in [5.41, 5.74) is 3.83. The van der Waals surface area contributed by atoms with Gasteiger partial charge in [-0.15, -0.1) is 0 Å². The Morgan fingerprint density at radius 3 is 2.00 bits per heavy atom. The number of hydrogen-bond acceptors (Lipinski definition) is 3. The summed E-state index contributed by atoms with van der Waals surface area (Å²) in [4.78, 5) is 11.3. The van der Waals surface area contributed by atoms with E-state index in [-0.39, 0.29) is 10.8 Å². The number of phenols is 1. The minimum Gasteiger partial charge on any atom is -0.507 e. The van der Waals surface area contributed by atoms with Gasteiger partial charge in [0.05, 0.1) is 6.61 Å². The molecule has 3 aromatic carbocycles. The number of carbonyl (C=O) groups excluding carboxylic acids is 1. The molecule has 0 atom stereocenters. The van der Waals surface area contributed by atoms with E-state index in [0.29, 0.717) is 17.9 Å². The van der Waals surface area contributed by atoms with Gasteiger partial charge in [0, 0.05) is 10.9 Å². The van der Waals surface area contributed by atoms with Gasteiger partial charge in [-0.1, -0.05) is 77.9 Å². The number of phenolic OH excluding ortho intramolecular Hbond substituents is 1. The van der Waals surface area contributed by atoms with E-state index in [1.165, 1.54) is 5.56 Å². The van der Waals surface area contributed by atoms with Gasteiger partial charge in [-0.2, -0.15) is 0 Å². The number of ether oxygens (including phenoxy) is 1. The van der Waals surface area contributed by atoms with Crippen molar-refractivity contribution < 1.29 is 14.6 Å². The third-order valence-corrected chi connectivity index (χ3v) is 6.20. The Morgan fingerprint density at radius 1 is 0.818 bits per heavy atom. The van der Waals surface area contributed by atoms with Crippen LogP contribution >= 0.6 is 0 Å². The van der Waals surface area contributed by atoms with E-state index in [9.17, 15) is 9.90 Å². The van der Waals surface area contributed by atoms with Crippen molar-refractivity contribution in [3.8, 4) is 11.5 Å². The third kappa shape index (κ3) is 5.96. The minimum atomic E-state index is -0.101. The number of rotatable bonds is 8. The molecule has 1 N–H and O–H groups in total. The highest BCUT2D eigenvalue weighted by atomic mass is 16.5. The van der Waals surface area contributed by atoms with Crippen LogP contribution in [0.5, 0.6) is 11.5 Å². The lowest BCUT2D eigenvalue weighted by atomic mass is 9.78. The highest BCUT2D eigenvalue weighted by Crippen LogP contribution is 2.40. The average molecular weight is 447 g/mol. The summed E-state index contributed by atoms with van der Waals surface area (Å²) in [6.07, 6.45) is 5.00. The Morgan fingerprint density at radius 2 is 1.42 bits per heavy atom. The van der Waals surface area contributed by atoms with E-state index in [2.05, 4.69) is 53.7 Å². The van der Waals surface area contributed by atoms with E-state index in [1.54, 1.807) is 0 Å². The first kappa shape index (κ1) is 24.8. The fourth-order valence-electron chi connectivity index (χ4n) is 4.30. The Kier molecular flexibility index (Phi) is 7.51. The van der Waals surface area contributed by atoms with E-state index in [1.807, 2.05) is 36.4 Å². The number of aryl methyl sites for hydroxylation is 1. The smallest absolute Gasteiger partial charge is 0.150 e. The SMILES string of the molecule is CC(C)(C)c1cc(CCCCCOc2ccc(C=O)c3ccccc23)cc(C(C)(C)C)c1O. The van der Waals surface area contributed by atoms with Crippen LogP contribution in [0.1, 0.15) is 87.9 Å². The molecule has 0 aliphatic rings. The summed E-state index contributed by atoms with van der Waals surface area (Å²) in [5.74, 6) is 1.28. The van der Waals surface area contributed by atoms with Crippen LogP contribution in [0.3, 0.4) is 0 Å². The van der Waals surface area contributed by atoms with Crippen LogP contribution in [0.15, 0.2) is 48.5 Å². The molecule has 0 radical (unpaired) electrons. The molecule has 0 aliphatic carbocycles. The van der Waals surface area contributed by atoms with Gasteiger partial charge in [0.25, 0.3) is 0 Å². The van der Waals surface area contributed by atoms with Crippen LogP contribution in [0.4, 0.5) is 0 Å². The number of hydrogen-bond donors (Lipinski definition) is 1.